The lowest BCUT2D eigenvalue weighted by molar-refractivity contribution is -0.173. The molecule has 0 radical (unpaired) electrons. The van der Waals surface area contributed by atoms with Gasteiger partial charge in [0.1, 0.15) is 6.10 Å². The van der Waals surface area contributed by atoms with E-state index in [0.29, 0.717) is 12.6 Å². The Morgan fingerprint density at radius 3 is 2.88 bits per heavy atom. The van der Waals surface area contributed by atoms with E-state index in [-0.39, 0.29) is 12.7 Å². The average Bonchev–Trinajstić information content (AvgIpc) is 2.72. The van der Waals surface area contributed by atoms with Crippen LogP contribution in [-0.2, 0) is 9.47 Å². The zero-order chi connectivity index (χ0) is 12.3. The molecule has 2 aliphatic heterocycles. The van der Waals surface area contributed by atoms with Gasteiger partial charge in [0.2, 0.25) is 0 Å². The zero-order valence-electron chi connectivity index (χ0n) is 11.0. The minimum atomic E-state index is -0.497. The summed E-state index contributed by atoms with van der Waals surface area (Å²) < 4.78 is 11.5. The largest absolute Gasteiger partial charge is 0.394 e. The lowest BCUT2D eigenvalue weighted by atomic mass is 9.96. The molecule has 100 valence electrons. The summed E-state index contributed by atoms with van der Waals surface area (Å²) in [7, 11) is 0. The molecule has 0 aliphatic carbocycles. The lowest BCUT2D eigenvalue weighted by Gasteiger charge is -2.38. The van der Waals surface area contributed by atoms with E-state index in [9.17, 15) is 0 Å². The van der Waals surface area contributed by atoms with Gasteiger partial charge in [-0.1, -0.05) is 13.3 Å². The maximum atomic E-state index is 9.09. The van der Waals surface area contributed by atoms with E-state index < -0.39 is 5.79 Å². The number of piperidine rings is 1. The third-order valence-electron chi connectivity index (χ3n) is 3.96. The second kappa shape index (κ2) is 5.65. The summed E-state index contributed by atoms with van der Waals surface area (Å²) in [6, 6.07) is 0.566. The molecule has 2 fully saturated rings. The predicted octanol–water partition coefficient (Wildman–Crippen LogP) is 1.37. The third kappa shape index (κ3) is 3.19. The monoisotopic (exact) mass is 243 g/mol. The first kappa shape index (κ1) is 13.3. The highest BCUT2D eigenvalue weighted by molar-refractivity contribution is 4.84. The molecule has 0 bridgehead atoms. The van der Waals surface area contributed by atoms with Gasteiger partial charge < -0.3 is 19.5 Å². The van der Waals surface area contributed by atoms with Gasteiger partial charge in [0.05, 0.1) is 13.2 Å². The number of nitrogens with zero attached hydrogens (tertiary/aromatic N) is 1. The van der Waals surface area contributed by atoms with Gasteiger partial charge in [0.15, 0.2) is 5.79 Å². The summed E-state index contributed by atoms with van der Waals surface area (Å²) in [6.45, 7) is 7.09. The van der Waals surface area contributed by atoms with E-state index in [0.717, 1.165) is 13.0 Å². The van der Waals surface area contributed by atoms with E-state index in [2.05, 4.69) is 11.8 Å². The van der Waals surface area contributed by atoms with E-state index >= 15 is 0 Å². The van der Waals surface area contributed by atoms with Crippen LogP contribution >= 0.6 is 0 Å². The first-order valence-electron chi connectivity index (χ1n) is 6.83. The minimum absolute atomic E-state index is 0.0533. The summed E-state index contributed by atoms with van der Waals surface area (Å²) in [5.74, 6) is -0.497. The topological polar surface area (TPSA) is 41.9 Å². The van der Waals surface area contributed by atoms with Crippen molar-refractivity contribution in [3.8, 4) is 0 Å². The van der Waals surface area contributed by atoms with Crippen LogP contribution in [0.15, 0.2) is 0 Å². The quantitative estimate of drug-likeness (QED) is 0.810. The molecular formula is C13H25NO3. The number of aliphatic hydroxyl groups excluding tert-OH is 1. The van der Waals surface area contributed by atoms with E-state index in [1.807, 2.05) is 6.92 Å². The lowest BCUT2D eigenvalue weighted by Crippen LogP contribution is -2.44. The SMILES string of the molecule is CCN1CCCCC1CC1(C)OCC(CO)O1. The maximum absolute atomic E-state index is 9.09. The molecule has 0 aromatic carbocycles. The van der Waals surface area contributed by atoms with E-state index in [1.165, 1.54) is 25.8 Å². The Hall–Kier alpha value is -0.160. The zero-order valence-corrected chi connectivity index (χ0v) is 11.0. The molecule has 0 aromatic heterocycles. The van der Waals surface area contributed by atoms with Crippen molar-refractivity contribution < 1.29 is 14.6 Å². The van der Waals surface area contributed by atoms with Gasteiger partial charge in [-0.05, 0) is 32.9 Å². The number of hydrogen-bond donors (Lipinski definition) is 1. The summed E-state index contributed by atoms with van der Waals surface area (Å²) in [4.78, 5) is 2.52. The molecule has 2 saturated heterocycles. The van der Waals surface area contributed by atoms with Crippen molar-refractivity contribution in [1.82, 2.24) is 4.90 Å². The molecule has 1 N–H and O–H groups in total. The third-order valence-corrected chi connectivity index (χ3v) is 3.96. The van der Waals surface area contributed by atoms with Crippen molar-refractivity contribution in [3.05, 3.63) is 0 Å². The number of rotatable bonds is 4. The van der Waals surface area contributed by atoms with Crippen LogP contribution in [0.5, 0.6) is 0 Å². The fraction of sp³-hybridized carbons (Fsp3) is 1.00. The second-order valence-corrected chi connectivity index (χ2v) is 5.35. The van der Waals surface area contributed by atoms with Gasteiger partial charge in [-0.3, -0.25) is 0 Å². The first-order chi connectivity index (χ1) is 8.17. The molecule has 0 aromatic rings. The highest BCUT2D eigenvalue weighted by atomic mass is 16.7. The first-order valence-corrected chi connectivity index (χ1v) is 6.83. The Morgan fingerprint density at radius 2 is 2.24 bits per heavy atom. The van der Waals surface area contributed by atoms with Crippen LogP contribution in [0.2, 0.25) is 0 Å². The summed E-state index contributed by atoms with van der Waals surface area (Å²) >= 11 is 0. The van der Waals surface area contributed by atoms with Crippen molar-refractivity contribution in [1.29, 1.82) is 0 Å². The normalized spacial score (nSPS) is 39.7. The molecule has 2 heterocycles. The molecule has 2 aliphatic rings. The van der Waals surface area contributed by atoms with Crippen molar-refractivity contribution in [3.63, 3.8) is 0 Å². The van der Waals surface area contributed by atoms with Crippen molar-refractivity contribution in [2.75, 3.05) is 26.3 Å². The van der Waals surface area contributed by atoms with Crippen molar-refractivity contribution >= 4 is 0 Å². The van der Waals surface area contributed by atoms with Crippen LogP contribution < -0.4 is 0 Å². The Labute approximate surface area is 104 Å². The second-order valence-electron chi connectivity index (χ2n) is 5.35. The van der Waals surface area contributed by atoms with Crippen LogP contribution in [0.4, 0.5) is 0 Å². The molecule has 4 nitrogen and oxygen atoms in total. The molecule has 2 rings (SSSR count). The number of likely N-dealkylation sites (tertiary alicyclic amines) is 1. The molecule has 0 saturated carbocycles. The van der Waals surface area contributed by atoms with Gasteiger partial charge in [0, 0.05) is 12.5 Å². The predicted molar refractivity (Wildman–Crippen MR) is 65.8 cm³/mol. The maximum Gasteiger partial charge on any atom is 0.167 e. The van der Waals surface area contributed by atoms with Crippen molar-refractivity contribution in [2.24, 2.45) is 0 Å². The highest BCUT2D eigenvalue weighted by Crippen LogP contribution is 2.32. The number of aliphatic hydroxyl groups is 1. The Balaban J connectivity index is 1.90. The number of ether oxygens (including phenoxy) is 2. The molecular weight excluding hydrogens is 218 g/mol. The number of hydrogen-bond acceptors (Lipinski definition) is 4. The fourth-order valence-electron chi connectivity index (χ4n) is 3.02. The van der Waals surface area contributed by atoms with Gasteiger partial charge in [-0.25, -0.2) is 0 Å². The van der Waals surface area contributed by atoms with Crippen LogP contribution in [0.3, 0.4) is 0 Å². The van der Waals surface area contributed by atoms with Crippen molar-refractivity contribution in [2.45, 2.75) is 57.5 Å². The van der Waals surface area contributed by atoms with Crippen LogP contribution in [0, 0.1) is 0 Å². The van der Waals surface area contributed by atoms with Gasteiger partial charge in [0.25, 0.3) is 0 Å². The van der Waals surface area contributed by atoms with E-state index in [4.69, 9.17) is 14.6 Å². The Kier molecular flexibility index (Phi) is 4.42. The van der Waals surface area contributed by atoms with Crippen LogP contribution in [0.1, 0.15) is 39.5 Å². The Morgan fingerprint density at radius 1 is 1.41 bits per heavy atom. The van der Waals surface area contributed by atoms with Crippen LogP contribution in [0.25, 0.3) is 0 Å². The smallest absolute Gasteiger partial charge is 0.167 e. The van der Waals surface area contributed by atoms with Gasteiger partial charge in [-0.2, -0.15) is 0 Å². The van der Waals surface area contributed by atoms with E-state index in [1.54, 1.807) is 0 Å². The summed E-state index contributed by atoms with van der Waals surface area (Å²) in [5.41, 5.74) is 0. The highest BCUT2D eigenvalue weighted by Gasteiger charge is 2.40. The Bertz CT molecular complexity index is 249. The van der Waals surface area contributed by atoms with Gasteiger partial charge >= 0.3 is 0 Å². The standard InChI is InChI=1S/C13H25NO3/c1-3-14-7-5-4-6-11(14)8-13(2)16-10-12(9-15)17-13/h11-12,15H,3-10H2,1-2H3. The van der Waals surface area contributed by atoms with Crippen LogP contribution in [-0.4, -0.2) is 54.2 Å². The molecule has 17 heavy (non-hydrogen) atoms. The summed E-state index contributed by atoms with van der Waals surface area (Å²) in [6.07, 6.45) is 4.62. The molecule has 3 atom stereocenters. The van der Waals surface area contributed by atoms with Gasteiger partial charge in [-0.15, -0.1) is 0 Å². The summed E-state index contributed by atoms with van der Waals surface area (Å²) in [5, 5.41) is 9.09. The molecule has 0 amide bonds. The molecule has 4 heteroatoms. The minimum Gasteiger partial charge on any atom is -0.394 e. The molecule has 0 spiro atoms. The fourth-order valence-corrected chi connectivity index (χ4v) is 3.02. The average molecular weight is 243 g/mol. The molecule has 3 unspecified atom stereocenters.